The Balaban J connectivity index is 4.16. The van der Waals surface area contributed by atoms with E-state index in [0.29, 0.717) is 13.0 Å². The van der Waals surface area contributed by atoms with Crippen molar-refractivity contribution in [2.24, 2.45) is 0 Å². The molecule has 3 unspecified atom stereocenters. The maximum Gasteiger partial charge on any atom is 0.472 e. The zero-order valence-corrected chi connectivity index (χ0v) is 41.2. The van der Waals surface area contributed by atoms with E-state index in [-0.39, 0.29) is 13.0 Å². The normalized spacial score (nSPS) is 14.4. The Bertz CT molecular complexity index is 1210. The van der Waals surface area contributed by atoms with Crippen molar-refractivity contribution in [3.63, 3.8) is 0 Å². The van der Waals surface area contributed by atoms with Crippen molar-refractivity contribution in [1.82, 2.24) is 0 Å². The number of hydrogen-bond donors (Lipinski definition) is 3. The highest BCUT2D eigenvalue weighted by molar-refractivity contribution is 7.47. The van der Waals surface area contributed by atoms with Gasteiger partial charge in [-0.15, -0.1) is 0 Å². The Labute approximate surface area is 386 Å². The van der Waals surface area contributed by atoms with Crippen LogP contribution >= 0.6 is 7.82 Å². The molecule has 0 rings (SSSR count). The van der Waals surface area contributed by atoms with Gasteiger partial charge in [0.15, 0.2) is 0 Å². The average molecular weight is 907 g/mol. The topological polar surface area (TPSA) is 132 Å². The fourth-order valence-electron chi connectivity index (χ4n) is 6.83. The fraction of sp³-hybridized carbons (Fsp3) is 0.755. The van der Waals surface area contributed by atoms with Gasteiger partial charge in [0, 0.05) is 13.0 Å². The predicted molar refractivity (Wildman–Crippen MR) is 265 cm³/mol. The molecular weight excluding hydrogens is 812 g/mol. The number of unbranched alkanes of at least 4 members (excludes halogenated alkanes) is 22. The van der Waals surface area contributed by atoms with Crippen molar-refractivity contribution in [2.75, 3.05) is 33.0 Å². The van der Waals surface area contributed by atoms with Crippen LogP contribution in [0, 0.1) is 0 Å². The van der Waals surface area contributed by atoms with E-state index in [1.165, 1.54) is 116 Å². The third kappa shape index (κ3) is 49.2. The van der Waals surface area contributed by atoms with Crippen molar-refractivity contribution in [1.29, 1.82) is 0 Å². The maximum atomic E-state index is 12.7. The van der Waals surface area contributed by atoms with Crippen LogP contribution in [0.15, 0.2) is 72.9 Å². The third-order valence-corrected chi connectivity index (χ3v) is 11.6. The number of hydrogen-bond acceptors (Lipinski definition) is 8. The smallest absolute Gasteiger partial charge is 0.457 e. The van der Waals surface area contributed by atoms with E-state index in [2.05, 4.69) is 86.8 Å². The van der Waals surface area contributed by atoms with E-state index in [0.717, 1.165) is 70.6 Å². The molecule has 0 aliphatic heterocycles. The standard InChI is InChI=1S/C53H95O9P/c1-3-5-7-9-11-13-15-17-19-21-23-25-27-29-31-33-35-37-39-41-43-45-53(56)62-52(50-61-63(57,58)60-48-51(55)47-54)49-59-46-44-42-40-38-36-34-32-30-28-26-24-22-20-18-16-14-12-10-8-6-4-2/h5,7,11,13,17,19,23,25,29,31,35,37,51-52,54-55H,3-4,6,8-10,12,14-16,18,20-22,24,26-28,30,32-34,36,38-50H2,1-2H3,(H,57,58)/b7-5-,13-11-,19-17-,25-23-,31-29-,37-35-. The molecular formula is C53H95O9P. The molecule has 0 fully saturated rings. The number of esters is 1. The molecule has 3 atom stereocenters. The molecule has 0 aliphatic rings. The van der Waals surface area contributed by atoms with Gasteiger partial charge in [-0.2, -0.15) is 0 Å². The number of carbonyl (C=O) groups is 1. The van der Waals surface area contributed by atoms with Gasteiger partial charge in [0.2, 0.25) is 0 Å². The minimum absolute atomic E-state index is 0.0305. The van der Waals surface area contributed by atoms with Crippen molar-refractivity contribution in [2.45, 2.75) is 225 Å². The van der Waals surface area contributed by atoms with Crippen LogP contribution in [0.25, 0.3) is 0 Å². The summed E-state index contributed by atoms with van der Waals surface area (Å²) in [5.74, 6) is -0.423. The van der Waals surface area contributed by atoms with Gasteiger partial charge in [-0.05, 0) is 64.2 Å². The minimum Gasteiger partial charge on any atom is -0.457 e. The van der Waals surface area contributed by atoms with Gasteiger partial charge in [0.05, 0.1) is 26.4 Å². The molecule has 0 aliphatic carbocycles. The lowest BCUT2D eigenvalue weighted by atomic mass is 10.0. The van der Waals surface area contributed by atoms with Crippen LogP contribution in [-0.4, -0.2) is 66.3 Å². The van der Waals surface area contributed by atoms with Crippen LogP contribution in [0.5, 0.6) is 0 Å². The van der Waals surface area contributed by atoms with Gasteiger partial charge >= 0.3 is 13.8 Å². The van der Waals surface area contributed by atoms with E-state index in [9.17, 15) is 19.4 Å². The molecule has 0 bridgehead atoms. The Morgan fingerprint density at radius 3 is 1.33 bits per heavy atom. The van der Waals surface area contributed by atoms with E-state index < -0.39 is 45.8 Å². The molecule has 3 N–H and O–H groups in total. The average Bonchev–Trinajstić information content (AvgIpc) is 3.28. The Morgan fingerprint density at radius 1 is 0.508 bits per heavy atom. The number of aliphatic hydroxyl groups excluding tert-OH is 2. The molecule has 0 aromatic carbocycles. The number of allylic oxidation sites excluding steroid dienone is 12. The van der Waals surface area contributed by atoms with Crippen molar-refractivity contribution >= 4 is 13.8 Å². The number of phosphoric ester groups is 1. The molecule has 10 heteroatoms. The summed E-state index contributed by atoms with van der Waals surface area (Å²) in [6, 6.07) is 0. The second-order valence-corrected chi connectivity index (χ2v) is 18.3. The van der Waals surface area contributed by atoms with Crippen LogP contribution in [0.2, 0.25) is 0 Å². The van der Waals surface area contributed by atoms with Crippen LogP contribution in [0.4, 0.5) is 0 Å². The monoisotopic (exact) mass is 907 g/mol. The second-order valence-electron chi connectivity index (χ2n) is 16.8. The lowest BCUT2D eigenvalue weighted by Crippen LogP contribution is -2.29. The van der Waals surface area contributed by atoms with Gasteiger partial charge in [-0.1, -0.05) is 215 Å². The van der Waals surface area contributed by atoms with Gasteiger partial charge in [0.1, 0.15) is 12.2 Å². The predicted octanol–water partition coefficient (Wildman–Crippen LogP) is 14.9. The van der Waals surface area contributed by atoms with Crippen LogP contribution in [0.1, 0.15) is 213 Å². The second kappa shape index (κ2) is 49.3. The zero-order chi connectivity index (χ0) is 46.0. The number of ether oxygens (including phenoxy) is 2. The van der Waals surface area contributed by atoms with Gasteiger partial charge in [-0.3, -0.25) is 13.8 Å². The van der Waals surface area contributed by atoms with E-state index >= 15 is 0 Å². The molecule has 0 amide bonds. The quantitative estimate of drug-likeness (QED) is 0.0236. The molecule has 9 nitrogen and oxygen atoms in total. The fourth-order valence-corrected chi connectivity index (χ4v) is 7.62. The number of aliphatic hydroxyl groups is 2. The van der Waals surface area contributed by atoms with Gasteiger partial charge in [-0.25, -0.2) is 4.57 Å². The summed E-state index contributed by atoms with van der Waals surface area (Å²) >= 11 is 0. The third-order valence-electron chi connectivity index (χ3n) is 10.7. The first-order chi connectivity index (χ1) is 30.8. The Kier molecular flexibility index (Phi) is 47.7. The number of phosphoric acid groups is 1. The molecule has 0 aromatic rings. The van der Waals surface area contributed by atoms with Crippen molar-refractivity contribution in [3.05, 3.63) is 72.9 Å². The molecule has 366 valence electrons. The molecule has 0 heterocycles. The molecule has 0 saturated heterocycles. The van der Waals surface area contributed by atoms with Crippen molar-refractivity contribution in [3.8, 4) is 0 Å². The van der Waals surface area contributed by atoms with Crippen molar-refractivity contribution < 1.29 is 43.0 Å². The van der Waals surface area contributed by atoms with Crippen LogP contribution in [0.3, 0.4) is 0 Å². The van der Waals surface area contributed by atoms with Crippen LogP contribution in [-0.2, 0) is 27.9 Å². The summed E-state index contributed by atoms with van der Waals surface area (Å²) in [4.78, 5) is 22.7. The Hall–Kier alpha value is -2.10. The van der Waals surface area contributed by atoms with Gasteiger partial charge < -0.3 is 24.6 Å². The molecule has 0 radical (unpaired) electrons. The number of carbonyl (C=O) groups excluding carboxylic acids is 1. The highest BCUT2D eigenvalue weighted by atomic mass is 31.2. The lowest BCUT2D eigenvalue weighted by molar-refractivity contribution is -0.154. The summed E-state index contributed by atoms with van der Waals surface area (Å²) in [5, 5.41) is 18.4. The maximum absolute atomic E-state index is 12.7. The van der Waals surface area contributed by atoms with E-state index in [4.69, 9.17) is 23.6 Å². The SMILES string of the molecule is CC/C=C\C/C=C\C/C=C\C/C=C\C/C=C\C/C=C\CCCCC(=O)OC(COCCCCCCCCCCCCCCCCCCCCCCC)COP(=O)(O)OCC(O)CO. The highest BCUT2D eigenvalue weighted by Gasteiger charge is 2.26. The minimum atomic E-state index is -4.54. The molecule has 0 spiro atoms. The molecule has 0 saturated carbocycles. The first-order valence-corrected chi connectivity index (χ1v) is 26.9. The summed E-state index contributed by atoms with van der Waals surface area (Å²) in [5.41, 5.74) is 0. The summed E-state index contributed by atoms with van der Waals surface area (Å²) in [7, 11) is -4.54. The van der Waals surface area contributed by atoms with Gasteiger partial charge in [0.25, 0.3) is 0 Å². The largest absolute Gasteiger partial charge is 0.472 e. The summed E-state index contributed by atoms with van der Waals surface area (Å²) in [6.07, 6.45) is 60.2. The highest BCUT2D eigenvalue weighted by Crippen LogP contribution is 2.43. The lowest BCUT2D eigenvalue weighted by Gasteiger charge is -2.20. The summed E-state index contributed by atoms with van der Waals surface area (Å²) in [6.45, 7) is 3.37. The summed E-state index contributed by atoms with van der Waals surface area (Å²) < 4.78 is 33.5. The molecule has 63 heavy (non-hydrogen) atoms. The first-order valence-electron chi connectivity index (χ1n) is 25.4. The first kappa shape index (κ1) is 60.9. The number of rotatable bonds is 48. The van der Waals surface area contributed by atoms with Crippen LogP contribution < -0.4 is 0 Å². The van der Waals surface area contributed by atoms with E-state index in [1.807, 2.05) is 0 Å². The zero-order valence-electron chi connectivity index (χ0n) is 40.3. The Morgan fingerprint density at radius 2 is 0.905 bits per heavy atom. The van der Waals surface area contributed by atoms with E-state index in [1.54, 1.807) is 0 Å². The molecule has 0 aromatic heterocycles.